The van der Waals surface area contributed by atoms with Crippen molar-refractivity contribution in [3.63, 3.8) is 0 Å². The van der Waals surface area contributed by atoms with Gasteiger partial charge in [0.1, 0.15) is 5.75 Å². The van der Waals surface area contributed by atoms with Crippen LogP contribution in [0.15, 0.2) is 48.5 Å². The molecule has 1 saturated carbocycles. The molecule has 2 unspecified atom stereocenters. The topological polar surface area (TPSA) is 23.5 Å². The van der Waals surface area contributed by atoms with Crippen LogP contribution >= 0.6 is 0 Å². The fourth-order valence-electron chi connectivity index (χ4n) is 3.83. The summed E-state index contributed by atoms with van der Waals surface area (Å²) in [5.41, 5.74) is 4.25. The number of phenols is 1. The maximum atomic E-state index is 9.65. The Balaban J connectivity index is 1.36. The van der Waals surface area contributed by atoms with Gasteiger partial charge in [0, 0.05) is 19.6 Å². The van der Waals surface area contributed by atoms with Gasteiger partial charge >= 0.3 is 0 Å². The lowest BCUT2D eigenvalue weighted by Gasteiger charge is -2.19. The molecule has 0 saturated heterocycles. The first-order valence-electron chi connectivity index (χ1n) is 8.37. The summed E-state index contributed by atoms with van der Waals surface area (Å²) in [6, 6.07) is 16.8. The average Bonchev–Trinajstić information content (AvgIpc) is 3.33. The van der Waals surface area contributed by atoms with Crippen LogP contribution in [-0.4, -0.2) is 29.6 Å². The standard InChI is InChI=1S/C20H23NO/c22-19-7-6-15-8-10-21(11-9-17(15)12-19)14-18-13-20(18)16-4-2-1-3-5-16/h1-7,12,18,20,22H,8-11,13-14H2. The number of nitrogens with zero attached hydrogens (tertiary/aromatic N) is 1. The third-order valence-corrected chi connectivity index (χ3v) is 5.23. The highest BCUT2D eigenvalue weighted by Gasteiger charge is 2.39. The predicted molar refractivity (Wildman–Crippen MR) is 89.2 cm³/mol. The summed E-state index contributed by atoms with van der Waals surface area (Å²) < 4.78 is 0. The molecule has 0 radical (unpaired) electrons. The Morgan fingerprint density at radius 2 is 1.73 bits per heavy atom. The molecule has 114 valence electrons. The van der Waals surface area contributed by atoms with Gasteiger partial charge in [0.05, 0.1) is 0 Å². The van der Waals surface area contributed by atoms with Crippen molar-refractivity contribution in [2.45, 2.75) is 25.2 Å². The van der Waals surface area contributed by atoms with E-state index in [9.17, 15) is 5.11 Å². The van der Waals surface area contributed by atoms with Crippen LogP contribution in [0, 0.1) is 5.92 Å². The van der Waals surface area contributed by atoms with E-state index in [4.69, 9.17) is 0 Å². The fourth-order valence-corrected chi connectivity index (χ4v) is 3.83. The number of benzene rings is 2. The van der Waals surface area contributed by atoms with E-state index in [-0.39, 0.29) is 0 Å². The molecule has 0 aromatic heterocycles. The lowest BCUT2D eigenvalue weighted by atomic mass is 10.0. The summed E-state index contributed by atoms with van der Waals surface area (Å²) in [4.78, 5) is 2.62. The number of hydrogen-bond donors (Lipinski definition) is 1. The highest BCUT2D eigenvalue weighted by molar-refractivity contribution is 5.36. The largest absolute Gasteiger partial charge is 0.508 e. The van der Waals surface area contributed by atoms with E-state index in [0.29, 0.717) is 5.75 Å². The van der Waals surface area contributed by atoms with Gasteiger partial charge in [-0.2, -0.15) is 0 Å². The molecule has 0 bridgehead atoms. The molecule has 1 fully saturated rings. The molecule has 1 heterocycles. The minimum absolute atomic E-state index is 0.401. The van der Waals surface area contributed by atoms with Gasteiger partial charge in [-0.3, -0.25) is 0 Å². The number of phenolic OH excluding ortho intramolecular Hbond substituents is 1. The van der Waals surface area contributed by atoms with Crippen LogP contribution in [0.3, 0.4) is 0 Å². The van der Waals surface area contributed by atoms with Crippen molar-refractivity contribution in [3.05, 3.63) is 65.2 Å². The highest BCUT2D eigenvalue weighted by Crippen LogP contribution is 2.47. The fraction of sp³-hybridized carbons (Fsp3) is 0.400. The smallest absolute Gasteiger partial charge is 0.115 e. The van der Waals surface area contributed by atoms with E-state index in [0.717, 1.165) is 37.8 Å². The van der Waals surface area contributed by atoms with Crippen LogP contribution in [0.4, 0.5) is 0 Å². The van der Waals surface area contributed by atoms with E-state index in [2.05, 4.69) is 41.3 Å². The van der Waals surface area contributed by atoms with Gasteiger partial charge in [0.15, 0.2) is 0 Å². The Bertz CT molecular complexity index is 652. The van der Waals surface area contributed by atoms with Crippen molar-refractivity contribution < 1.29 is 5.11 Å². The van der Waals surface area contributed by atoms with Gasteiger partial charge in [-0.25, -0.2) is 0 Å². The second-order valence-electron chi connectivity index (χ2n) is 6.77. The van der Waals surface area contributed by atoms with Gasteiger partial charge in [0.25, 0.3) is 0 Å². The first-order chi connectivity index (χ1) is 10.8. The number of rotatable bonds is 3. The second-order valence-corrected chi connectivity index (χ2v) is 6.77. The summed E-state index contributed by atoms with van der Waals surface area (Å²) in [6.45, 7) is 3.49. The molecular weight excluding hydrogens is 270 g/mol. The van der Waals surface area contributed by atoms with Gasteiger partial charge in [-0.15, -0.1) is 0 Å². The summed E-state index contributed by atoms with van der Waals surface area (Å²) in [5.74, 6) is 2.01. The van der Waals surface area contributed by atoms with Gasteiger partial charge in [-0.1, -0.05) is 36.4 Å². The molecule has 1 aliphatic carbocycles. The number of hydrogen-bond acceptors (Lipinski definition) is 2. The lowest BCUT2D eigenvalue weighted by molar-refractivity contribution is 0.274. The van der Waals surface area contributed by atoms with E-state index >= 15 is 0 Å². The molecular formula is C20H23NO. The van der Waals surface area contributed by atoms with Crippen LogP contribution in [0.25, 0.3) is 0 Å². The van der Waals surface area contributed by atoms with Crippen molar-refractivity contribution in [1.82, 2.24) is 4.90 Å². The molecule has 0 spiro atoms. The van der Waals surface area contributed by atoms with E-state index in [1.165, 1.54) is 29.7 Å². The summed E-state index contributed by atoms with van der Waals surface area (Å²) in [5, 5.41) is 9.65. The predicted octanol–water partition coefficient (Wildman–Crippen LogP) is 3.60. The normalized spacial score (nSPS) is 24.5. The summed E-state index contributed by atoms with van der Waals surface area (Å²) in [7, 11) is 0. The number of aromatic hydroxyl groups is 1. The average molecular weight is 293 g/mol. The summed E-state index contributed by atoms with van der Waals surface area (Å²) >= 11 is 0. The third kappa shape index (κ3) is 2.89. The molecule has 4 rings (SSSR count). The van der Waals surface area contributed by atoms with Crippen LogP contribution in [0.1, 0.15) is 29.0 Å². The first-order valence-corrected chi connectivity index (χ1v) is 8.37. The highest BCUT2D eigenvalue weighted by atomic mass is 16.3. The van der Waals surface area contributed by atoms with Crippen LogP contribution in [0.5, 0.6) is 5.75 Å². The van der Waals surface area contributed by atoms with E-state index < -0.39 is 0 Å². The minimum atomic E-state index is 0.401. The molecule has 0 amide bonds. The lowest BCUT2D eigenvalue weighted by Crippen LogP contribution is -2.28. The van der Waals surface area contributed by atoms with Crippen LogP contribution < -0.4 is 0 Å². The third-order valence-electron chi connectivity index (χ3n) is 5.23. The van der Waals surface area contributed by atoms with Crippen molar-refractivity contribution >= 4 is 0 Å². The zero-order chi connectivity index (χ0) is 14.9. The first kappa shape index (κ1) is 13.8. The Morgan fingerprint density at radius 3 is 2.55 bits per heavy atom. The molecule has 22 heavy (non-hydrogen) atoms. The Labute approximate surface area is 132 Å². The molecule has 1 N–H and O–H groups in total. The van der Waals surface area contributed by atoms with Crippen molar-refractivity contribution in [2.75, 3.05) is 19.6 Å². The van der Waals surface area contributed by atoms with Crippen molar-refractivity contribution in [1.29, 1.82) is 0 Å². The molecule has 2 aromatic rings. The molecule has 1 aliphatic heterocycles. The second kappa shape index (κ2) is 5.77. The van der Waals surface area contributed by atoms with Crippen molar-refractivity contribution in [3.8, 4) is 5.75 Å². The minimum Gasteiger partial charge on any atom is -0.508 e. The molecule has 2 aromatic carbocycles. The monoisotopic (exact) mass is 293 g/mol. The van der Waals surface area contributed by atoms with Crippen LogP contribution in [0.2, 0.25) is 0 Å². The van der Waals surface area contributed by atoms with Crippen LogP contribution in [-0.2, 0) is 12.8 Å². The maximum Gasteiger partial charge on any atom is 0.115 e. The van der Waals surface area contributed by atoms with Gasteiger partial charge < -0.3 is 10.0 Å². The zero-order valence-electron chi connectivity index (χ0n) is 12.9. The Kier molecular flexibility index (Phi) is 3.63. The van der Waals surface area contributed by atoms with E-state index in [1.54, 1.807) is 0 Å². The Morgan fingerprint density at radius 1 is 0.955 bits per heavy atom. The maximum absolute atomic E-state index is 9.65. The summed E-state index contributed by atoms with van der Waals surface area (Å²) in [6.07, 6.45) is 3.51. The quantitative estimate of drug-likeness (QED) is 0.934. The number of fused-ring (bicyclic) bond motifs is 1. The molecule has 2 atom stereocenters. The molecule has 2 nitrogen and oxygen atoms in total. The molecule has 2 heteroatoms. The Hall–Kier alpha value is -1.80. The van der Waals surface area contributed by atoms with Gasteiger partial charge in [0.2, 0.25) is 0 Å². The zero-order valence-corrected chi connectivity index (χ0v) is 12.9. The van der Waals surface area contributed by atoms with Crippen molar-refractivity contribution in [2.24, 2.45) is 5.92 Å². The molecule has 2 aliphatic rings. The van der Waals surface area contributed by atoms with Gasteiger partial charge in [-0.05, 0) is 59.9 Å². The SMILES string of the molecule is Oc1ccc2c(c1)CCN(CC1CC1c1ccccc1)CC2. The van der Waals surface area contributed by atoms with E-state index in [1.807, 2.05) is 12.1 Å².